The van der Waals surface area contributed by atoms with Crippen LogP contribution >= 0.6 is 0 Å². The first kappa shape index (κ1) is 22.6. The molecule has 0 aliphatic heterocycles. The van der Waals surface area contributed by atoms with Crippen molar-refractivity contribution in [3.05, 3.63) is 0 Å². The highest BCUT2D eigenvalue weighted by Gasteiger charge is 2.16. The summed E-state index contributed by atoms with van der Waals surface area (Å²) in [7, 11) is 0. The Balaban J connectivity index is 0. The Bertz CT molecular complexity index is 241. The first-order valence-corrected chi connectivity index (χ1v) is 7.74. The highest BCUT2D eigenvalue weighted by Crippen LogP contribution is 2.02. The second-order valence-electron chi connectivity index (χ2n) is 4.75. The SMILES string of the molecule is CC.CC(=O)NCC(F)C(C)OCCOCCNC(C)C. The molecule has 1 amide bonds. The van der Waals surface area contributed by atoms with Crippen LogP contribution < -0.4 is 10.6 Å². The summed E-state index contributed by atoms with van der Waals surface area (Å²) < 4.78 is 24.1. The summed E-state index contributed by atoms with van der Waals surface area (Å²) >= 11 is 0. The largest absolute Gasteiger partial charge is 0.378 e. The second-order valence-corrected chi connectivity index (χ2v) is 4.75. The van der Waals surface area contributed by atoms with E-state index in [4.69, 9.17) is 9.47 Å². The number of nitrogens with one attached hydrogen (secondary N) is 2. The summed E-state index contributed by atoms with van der Waals surface area (Å²) in [5, 5.41) is 5.65. The van der Waals surface area contributed by atoms with Crippen molar-refractivity contribution in [3.8, 4) is 0 Å². The van der Waals surface area contributed by atoms with Gasteiger partial charge in [-0.05, 0) is 6.92 Å². The van der Waals surface area contributed by atoms with Gasteiger partial charge in [-0.25, -0.2) is 4.39 Å². The number of carbonyl (C=O) groups is 1. The van der Waals surface area contributed by atoms with Gasteiger partial charge in [0.1, 0.15) is 6.17 Å². The average molecular weight is 308 g/mol. The van der Waals surface area contributed by atoms with E-state index in [-0.39, 0.29) is 12.5 Å². The van der Waals surface area contributed by atoms with Gasteiger partial charge in [0.15, 0.2) is 0 Å². The maximum absolute atomic E-state index is 13.5. The van der Waals surface area contributed by atoms with Crippen molar-refractivity contribution in [2.75, 3.05) is 32.9 Å². The third-order valence-electron chi connectivity index (χ3n) is 2.46. The molecule has 2 unspecified atom stereocenters. The van der Waals surface area contributed by atoms with Gasteiger partial charge in [0.05, 0.1) is 32.5 Å². The lowest BCUT2D eigenvalue weighted by atomic mass is 10.2. The van der Waals surface area contributed by atoms with Crippen LogP contribution in [0.4, 0.5) is 4.39 Å². The smallest absolute Gasteiger partial charge is 0.216 e. The van der Waals surface area contributed by atoms with Crippen LogP contribution in [-0.4, -0.2) is 57.1 Å². The molecule has 0 saturated heterocycles. The van der Waals surface area contributed by atoms with Crippen LogP contribution in [0.2, 0.25) is 0 Å². The molecule has 5 nitrogen and oxygen atoms in total. The number of hydrogen-bond donors (Lipinski definition) is 2. The molecule has 0 radical (unpaired) electrons. The molecule has 0 heterocycles. The van der Waals surface area contributed by atoms with Gasteiger partial charge in [-0.3, -0.25) is 4.79 Å². The van der Waals surface area contributed by atoms with Crippen molar-refractivity contribution in [1.29, 1.82) is 0 Å². The third kappa shape index (κ3) is 17.2. The van der Waals surface area contributed by atoms with Crippen LogP contribution in [0.3, 0.4) is 0 Å². The van der Waals surface area contributed by atoms with Crippen molar-refractivity contribution in [2.45, 2.75) is 59.9 Å². The first-order valence-electron chi connectivity index (χ1n) is 7.74. The molecule has 0 aromatic carbocycles. The summed E-state index contributed by atoms with van der Waals surface area (Å²) in [5.41, 5.74) is 0. The quantitative estimate of drug-likeness (QED) is 0.572. The van der Waals surface area contributed by atoms with E-state index < -0.39 is 12.3 Å². The summed E-state index contributed by atoms with van der Waals surface area (Å²) in [6.45, 7) is 13.3. The summed E-state index contributed by atoms with van der Waals surface area (Å²) in [6, 6.07) is 0.445. The van der Waals surface area contributed by atoms with E-state index in [1.807, 2.05) is 13.8 Å². The monoisotopic (exact) mass is 308 g/mol. The predicted molar refractivity (Wildman–Crippen MR) is 84.3 cm³/mol. The van der Waals surface area contributed by atoms with E-state index in [0.717, 1.165) is 6.54 Å². The van der Waals surface area contributed by atoms with Crippen molar-refractivity contribution in [3.63, 3.8) is 0 Å². The number of alkyl halides is 1. The molecule has 0 rings (SSSR count). The summed E-state index contributed by atoms with van der Waals surface area (Å²) in [5.74, 6) is -0.240. The Morgan fingerprint density at radius 2 is 1.76 bits per heavy atom. The third-order valence-corrected chi connectivity index (χ3v) is 2.46. The van der Waals surface area contributed by atoms with Crippen molar-refractivity contribution in [1.82, 2.24) is 10.6 Å². The van der Waals surface area contributed by atoms with E-state index in [0.29, 0.717) is 25.9 Å². The molecular formula is C15H33FN2O3. The molecule has 0 aromatic heterocycles. The zero-order valence-electron chi connectivity index (χ0n) is 14.4. The first-order chi connectivity index (χ1) is 9.93. The minimum Gasteiger partial charge on any atom is -0.378 e. The predicted octanol–water partition coefficient (Wildman–Crippen LogP) is 1.91. The molecule has 0 bridgehead atoms. The molecule has 2 atom stereocenters. The lowest BCUT2D eigenvalue weighted by Crippen LogP contribution is -2.35. The molecule has 0 aliphatic rings. The fraction of sp³-hybridized carbons (Fsp3) is 0.933. The molecule has 6 heteroatoms. The molecule has 0 aliphatic carbocycles. The molecule has 0 spiro atoms. The Kier molecular flexibility index (Phi) is 16.8. The minimum absolute atomic E-state index is 0.0182. The van der Waals surface area contributed by atoms with E-state index in [1.54, 1.807) is 6.92 Å². The number of amides is 1. The van der Waals surface area contributed by atoms with Gasteiger partial charge in [0, 0.05) is 19.5 Å². The van der Waals surface area contributed by atoms with Gasteiger partial charge in [0.2, 0.25) is 5.91 Å². The highest BCUT2D eigenvalue weighted by atomic mass is 19.1. The molecule has 0 fully saturated rings. The number of ether oxygens (including phenoxy) is 2. The number of carbonyl (C=O) groups excluding carboxylic acids is 1. The van der Waals surface area contributed by atoms with E-state index in [1.165, 1.54) is 6.92 Å². The lowest BCUT2D eigenvalue weighted by Gasteiger charge is -2.17. The minimum atomic E-state index is -1.20. The fourth-order valence-corrected chi connectivity index (χ4v) is 1.33. The molecule has 0 aromatic rings. The summed E-state index contributed by atoms with van der Waals surface area (Å²) in [4.78, 5) is 10.6. The van der Waals surface area contributed by atoms with Gasteiger partial charge < -0.3 is 20.1 Å². The summed E-state index contributed by atoms with van der Waals surface area (Å²) in [6.07, 6.45) is -1.75. The van der Waals surface area contributed by atoms with Crippen LogP contribution in [0, 0.1) is 0 Å². The van der Waals surface area contributed by atoms with Crippen LogP contribution in [-0.2, 0) is 14.3 Å². The van der Waals surface area contributed by atoms with Crippen molar-refractivity contribution in [2.24, 2.45) is 0 Å². The van der Waals surface area contributed by atoms with Crippen molar-refractivity contribution < 1.29 is 18.7 Å². The van der Waals surface area contributed by atoms with Crippen LogP contribution in [0.1, 0.15) is 41.5 Å². The Labute approximate surface area is 129 Å². The Morgan fingerprint density at radius 1 is 1.14 bits per heavy atom. The van der Waals surface area contributed by atoms with E-state index in [9.17, 15) is 9.18 Å². The molecule has 2 N–H and O–H groups in total. The number of hydrogen-bond acceptors (Lipinski definition) is 4. The van der Waals surface area contributed by atoms with Crippen LogP contribution in [0.25, 0.3) is 0 Å². The standard InChI is InChI=1S/C13H27FN2O3.C2H6/c1-10(2)15-5-6-18-7-8-19-11(3)13(14)9-16-12(4)17;1-2/h10-11,13,15H,5-9H2,1-4H3,(H,16,17);1-2H3. The zero-order chi connectivity index (χ0) is 16.7. The van der Waals surface area contributed by atoms with Gasteiger partial charge in [-0.1, -0.05) is 27.7 Å². The van der Waals surface area contributed by atoms with Gasteiger partial charge in [0.25, 0.3) is 0 Å². The van der Waals surface area contributed by atoms with Crippen LogP contribution in [0.5, 0.6) is 0 Å². The van der Waals surface area contributed by atoms with Crippen LogP contribution in [0.15, 0.2) is 0 Å². The van der Waals surface area contributed by atoms with E-state index >= 15 is 0 Å². The van der Waals surface area contributed by atoms with E-state index in [2.05, 4.69) is 24.5 Å². The van der Waals surface area contributed by atoms with Gasteiger partial charge >= 0.3 is 0 Å². The molecule has 21 heavy (non-hydrogen) atoms. The molecular weight excluding hydrogens is 275 g/mol. The average Bonchev–Trinajstić information content (AvgIpc) is 2.45. The number of halogens is 1. The topological polar surface area (TPSA) is 59.6 Å². The Hall–Kier alpha value is -0.720. The van der Waals surface area contributed by atoms with Gasteiger partial charge in [-0.15, -0.1) is 0 Å². The second kappa shape index (κ2) is 15.7. The Morgan fingerprint density at radius 3 is 2.29 bits per heavy atom. The maximum Gasteiger partial charge on any atom is 0.216 e. The normalized spacial score (nSPS) is 13.3. The molecule has 0 saturated carbocycles. The highest BCUT2D eigenvalue weighted by molar-refractivity contribution is 5.72. The van der Waals surface area contributed by atoms with Gasteiger partial charge in [-0.2, -0.15) is 0 Å². The zero-order valence-corrected chi connectivity index (χ0v) is 14.4. The molecule has 128 valence electrons. The number of rotatable bonds is 11. The lowest BCUT2D eigenvalue weighted by molar-refractivity contribution is -0.119. The fourth-order valence-electron chi connectivity index (χ4n) is 1.33. The maximum atomic E-state index is 13.5. The van der Waals surface area contributed by atoms with Crippen molar-refractivity contribution >= 4 is 5.91 Å².